The largest absolute Gasteiger partial charge is 0.361 e. The number of amidine groups is 1. The molecular weight excluding hydrogens is 508 g/mol. The molecule has 0 aromatic rings. The Hall–Kier alpha value is -0.240. The van der Waals surface area contributed by atoms with Gasteiger partial charge in [0, 0.05) is 13.1 Å². The molecule has 0 bridgehead atoms. The van der Waals surface area contributed by atoms with Crippen molar-refractivity contribution in [2.75, 3.05) is 13.1 Å². The number of hydrogen-bond donors (Lipinski definition) is 1. The summed E-state index contributed by atoms with van der Waals surface area (Å²) >= 11 is 6.26. The first kappa shape index (κ1) is 39.8. The third-order valence-corrected chi connectivity index (χ3v) is 8.82. The van der Waals surface area contributed by atoms with Gasteiger partial charge in [-0.2, -0.15) is 0 Å². The maximum Gasteiger partial charge on any atom is 0.191 e. The van der Waals surface area contributed by atoms with Crippen LogP contribution in [0.4, 0.5) is 0 Å². The quantitative estimate of drug-likeness (QED) is 0.0347. The third kappa shape index (κ3) is 35.8. The molecule has 0 saturated carbocycles. The molecule has 0 aliphatic rings. The molecule has 0 fully saturated rings. The fourth-order valence-corrected chi connectivity index (χ4v) is 5.94. The zero-order chi connectivity index (χ0) is 29.0. The zero-order valence-corrected chi connectivity index (χ0v) is 28.6. The van der Waals surface area contributed by atoms with Crippen LogP contribution in [0.3, 0.4) is 0 Å². The molecule has 0 aliphatic heterocycles. The highest BCUT2D eigenvalue weighted by molar-refractivity contribution is 6.64. The Morgan fingerprint density at radius 3 is 0.925 bits per heavy atom. The summed E-state index contributed by atoms with van der Waals surface area (Å²) in [7, 11) is 0. The minimum absolute atomic E-state index is 0.627. The summed E-state index contributed by atoms with van der Waals surface area (Å²) < 4.78 is 0. The van der Waals surface area contributed by atoms with Crippen LogP contribution in [-0.2, 0) is 0 Å². The van der Waals surface area contributed by atoms with Crippen molar-refractivity contribution >= 4 is 16.9 Å². The van der Waals surface area contributed by atoms with Crippen LogP contribution in [0.1, 0.15) is 219 Å². The van der Waals surface area contributed by atoms with Crippen molar-refractivity contribution in [3.8, 4) is 0 Å². The Bertz CT molecular complexity index is 479. The fraction of sp³-hybridized carbons (Fsp3) is 0.973. The predicted octanol–water partition coefficient (Wildman–Crippen LogP) is 13.7. The van der Waals surface area contributed by atoms with E-state index in [0.29, 0.717) is 5.29 Å². The molecule has 0 spiro atoms. The molecule has 40 heavy (non-hydrogen) atoms. The zero-order valence-electron chi connectivity index (χ0n) is 27.9. The highest BCUT2D eigenvalue weighted by Crippen LogP contribution is 2.15. The van der Waals surface area contributed by atoms with Gasteiger partial charge in [-0.25, -0.2) is 0 Å². The monoisotopic (exact) mass is 583 g/mol. The third-order valence-electron chi connectivity index (χ3n) is 8.56. The van der Waals surface area contributed by atoms with E-state index in [2.05, 4.69) is 24.2 Å². The lowest BCUT2D eigenvalue weighted by Gasteiger charge is -2.05. The van der Waals surface area contributed by atoms with E-state index >= 15 is 0 Å². The topological polar surface area (TPSA) is 24.4 Å². The van der Waals surface area contributed by atoms with Crippen LogP contribution in [0.25, 0.3) is 0 Å². The van der Waals surface area contributed by atoms with Crippen molar-refractivity contribution in [2.24, 2.45) is 4.99 Å². The second kappa shape index (κ2) is 36.8. The Balaban J connectivity index is 3.20. The van der Waals surface area contributed by atoms with Gasteiger partial charge in [0.1, 0.15) is 0 Å². The van der Waals surface area contributed by atoms with Crippen molar-refractivity contribution in [3.63, 3.8) is 0 Å². The standard InChI is InChI=1S/C37H75ClN2/c1-3-5-7-9-11-13-15-17-19-21-23-25-27-29-31-33-35-39-37(38)40-36-34-32-30-28-26-24-22-20-18-16-14-12-10-8-6-4-2/h3-36H2,1-2H3,(H,39,40). The molecule has 0 amide bonds. The van der Waals surface area contributed by atoms with Gasteiger partial charge < -0.3 is 5.32 Å². The molecule has 0 rings (SSSR count). The number of nitrogens with one attached hydrogen (secondary N) is 1. The van der Waals surface area contributed by atoms with E-state index in [0.717, 1.165) is 13.1 Å². The second-order valence-corrected chi connectivity index (χ2v) is 13.1. The summed E-state index contributed by atoms with van der Waals surface area (Å²) in [5.41, 5.74) is 0. The molecule has 0 atom stereocenters. The molecular formula is C37H75ClN2. The lowest BCUT2D eigenvalue weighted by Crippen LogP contribution is -2.19. The average Bonchev–Trinajstić information content (AvgIpc) is 2.96. The van der Waals surface area contributed by atoms with Crippen molar-refractivity contribution in [1.82, 2.24) is 5.32 Å². The van der Waals surface area contributed by atoms with E-state index in [-0.39, 0.29) is 0 Å². The average molecular weight is 583 g/mol. The van der Waals surface area contributed by atoms with E-state index in [1.54, 1.807) is 0 Å². The normalized spacial score (nSPS) is 11.9. The van der Waals surface area contributed by atoms with Crippen LogP contribution in [0.5, 0.6) is 0 Å². The molecule has 240 valence electrons. The molecule has 0 saturated heterocycles. The number of unbranched alkanes of at least 4 members (excludes halogenated alkanes) is 30. The van der Waals surface area contributed by atoms with E-state index in [1.165, 1.54) is 205 Å². The molecule has 1 N–H and O–H groups in total. The first-order chi connectivity index (χ1) is 19.8. The van der Waals surface area contributed by atoms with Gasteiger partial charge in [-0.15, -0.1) is 0 Å². The maximum atomic E-state index is 6.26. The van der Waals surface area contributed by atoms with E-state index in [1.807, 2.05) is 0 Å². The lowest BCUT2D eigenvalue weighted by atomic mass is 10.0. The first-order valence-corrected chi connectivity index (χ1v) is 19.1. The fourth-order valence-electron chi connectivity index (χ4n) is 5.76. The summed E-state index contributed by atoms with van der Waals surface area (Å²) in [5, 5.41) is 3.93. The Morgan fingerprint density at radius 2 is 0.625 bits per heavy atom. The van der Waals surface area contributed by atoms with Crippen LogP contribution < -0.4 is 5.32 Å². The van der Waals surface area contributed by atoms with Crippen LogP contribution >= 0.6 is 11.6 Å². The van der Waals surface area contributed by atoms with Crippen LogP contribution in [-0.4, -0.2) is 18.4 Å². The van der Waals surface area contributed by atoms with Gasteiger partial charge in [0.05, 0.1) is 0 Å². The van der Waals surface area contributed by atoms with Gasteiger partial charge >= 0.3 is 0 Å². The van der Waals surface area contributed by atoms with Crippen molar-refractivity contribution in [2.45, 2.75) is 219 Å². The van der Waals surface area contributed by atoms with Gasteiger partial charge in [0.15, 0.2) is 5.29 Å². The summed E-state index contributed by atoms with van der Waals surface area (Å²) in [5.74, 6) is 0. The minimum Gasteiger partial charge on any atom is -0.361 e. The molecule has 0 aliphatic carbocycles. The van der Waals surface area contributed by atoms with E-state index in [9.17, 15) is 0 Å². The van der Waals surface area contributed by atoms with Gasteiger partial charge in [0.25, 0.3) is 0 Å². The van der Waals surface area contributed by atoms with Crippen LogP contribution in [0, 0.1) is 0 Å². The highest BCUT2D eigenvalue weighted by atomic mass is 35.5. The van der Waals surface area contributed by atoms with Gasteiger partial charge in [-0.1, -0.05) is 206 Å². The number of rotatable bonds is 34. The van der Waals surface area contributed by atoms with Crippen LogP contribution in [0.2, 0.25) is 0 Å². The molecule has 0 heterocycles. The summed E-state index contributed by atoms with van der Waals surface area (Å²) in [6, 6.07) is 0. The number of aliphatic imine (C=N–C) groups is 1. The number of nitrogens with zero attached hydrogens (tertiary/aromatic N) is 1. The smallest absolute Gasteiger partial charge is 0.191 e. The highest BCUT2D eigenvalue weighted by Gasteiger charge is 1.97. The number of halogens is 1. The second-order valence-electron chi connectivity index (χ2n) is 12.7. The molecule has 2 nitrogen and oxygen atoms in total. The molecule has 3 heteroatoms. The van der Waals surface area contributed by atoms with Crippen molar-refractivity contribution in [3.05, 3.63) is 0 Å². The first-order valence-electron chi connectivity index (χ1n) is 18.7. The Kier molecular flexibility index (Phi) is 36.6. The summed E-state index contributed by atoms with van der Waals surface area (Å²) in [4.78, 5) is 4.51. The molecule has 0 aromatic heterocycles. The van der Waals surface area contributed by atoms with Crippen molar-refractivity contribution in [1.29, 1.82) is 0 Å². The molecule has 0 radical (unpaired) electrons. The Morgan fingerprint density at radius 1 is 0.375 bits per heavy atom. The van der Waals surface area contributed by atoms with Crippen LogP contribution in [0.15, 0.2) is 4.99 Å². The number of hydrogen-bond acceptors (Lipinski definition) is 1. The van der Waals surface area contributed by atoms with Crippen molar-refractivity contribution < 1.29 is 0 Å². The maximum absolute atomic E-state index is 6.26. The van der Waals surface area contributed by atoms with Gasteiger partial charge in [0.2, 0.25) is 0 Å². The SMILES string of the molecule is CCCCCCCCCCCCCCCCCCN=C(Cl)NCCCCCCCCCCCCCCCCCC. The summed E-state index contributed by atoms with van der Waals surface area (Å²) in [6.07, 6.45) is 45.1. The molecule has 0 aromatic carbocycles. The van der Waals surface area contributed by atoms with Gasteiger partial charge in [-0.05, 0) is 24.4 Å². The molecule has 0 unspecified atom stereocenters. The lowest BCUT2D eigenvalue weighted by molar-refractivity contribution is 0.529. The Labute approximate surface area is 259 Å². The predicted molar refractivity (Wildman–Crippen MR) is 185 cm³/mol. The van der Waals surface area contributed by atoms with E-state index < -0.39 is 0 Å². The van der Waals surface area contributed by atoms with E-state index in [4.69, 9.17) is 11.6 Å². The van der Waals surface area contributed by atoms with Gasteiger partial charge in [-0.3, -0.25) is 4.99 Å². The minimum atomic E-state index is 0.627. The summed E-state index contributed by atoms with van der Waals surface area (Å²) in [6.45, 7) is 6.45.